The van der Waals surface area contributed by atoms with E-state index in [4.69, 9.17) is 4.74 Å². The molecule has 1 aromatic carbocycles. The van der Waals surface area contributed by atoms with E-state index in [1.54, 1.807) is 36.2 Å². The van der Waals surface area contributed by atoms with Crippen LogP contribution >= 0.6 is 0 Å². The normalized spacial score (nSPS) is 12.3. The molecule has 0 radical (unpaired) electrons. The Kier molecular flexibility index (Phi) is 5.01. The van der Waals surface area contributed by atoms with Crippen LogP contribution in [0.3, 0.4) is 0 Å². The average Bonchev–Trinajstić information content (AvgIpc) is 2.35. The van der Waals surface area contributed by atoms with Crippen LogP contribution in [0.4, 0.5) is 4.79 Å². The summed E-state index contributed by atoms with van der Waals surface area (Å²) in [5, 5.41) is 9.23. The zero-order valence-corrected chi connectivity index (χ0v) is 11.4. The molecule has 1 amide bonds. The van der Waals surface area contributed by atoms with Crippen LogP contribution in [0.2, 0.25) is 0 Å². The third-order valence-electron chi connectivity index (χ3n) is 2.78. The molecule has 0 bridgehead atoms. The first-order valence-electron chi connectivity index (χ1n) is 6.10. The Labute approximate surface area is 108 Å². The molecule has 4 nitrogen and oxygen atoms in total. The number of phenolic OH excluding ortho intramolecular Hbond substituents is 1. The summed E-state index contributed by atoms with van der Waals surface area (Å²) in [5.74, 6) is 0.544. The fourth-order valence-electron chi connectivity index (χ4n) is 1.47. The number of carbonyl (C=O) groups excluding carboxylic acids is 1. The second kappa shape index (κ2) is 6.28. The van der Waals surface area contributed by atoms with Gasteiger partial charge in [0.25, 0.3) is 0 Å². The van der Waals surface area contributed by atoms with Gasteiger partial charge in [0.1, 0.15) is 5.75 Å². The van der Waals surface area contributed by atoms with Crippen molar-refractivity contribution in [2.75, 3.05) is 13.7 Å². The van der Waals surface area contributed by atoms with Crippen LogP contribution in [0.1, 0.15) is 32.4 Å². The number of hydrogen-bond donors (Lipinski definition) is 1. The number of rotatable bonds is 4. The second-order valence-corrected chi connectivity index (χ2v) is 4.85. The highest BCUT2D eigenvalue weighted by Gasteiger charge is 2.18. The summed E-state index contributed by atoms with van der Waals surface area (Å²) in [6.07, 6.45) is -0.329. The quantitative estimate of drug-likeness (QED) is 0.894. The van der Waals surface area contributed by atoms with Crippen molar-refractivity contribution in [2.45, 2.75) is 26.8 Å². The monoisotopic (exact) mass is 251 g/mol. The number of hydrogen-bond acceptors (Lipinski definition) is 3. The lowest BCUT2D eigenvalue weighted by atomic mass is 10.1. The second-order valence-electron chi connectivity index (χ2n) is 4.85. The van der Waals surface area contributed by atoms with Crippen molar-refractivity contribution in [2.24, 2.45) is 5.92 Å². The minimum Gasteiger partial charge on any atom is -0.508 e. The van der Waals surface area contributed by atoms with Gasteiger partial charge in [-0.1, -0.05) is 26.0 Å². The lowest BCUT2D eigenvalue weighted by Gasteiger charge is -2.25. The Bertz CT molecular complexity index is 387. The van der Waals surface area contributed by atoms with E-state index in [2.05, 4.69) is 0 Å². The molecule has 1 aromatic rings. The molecule has 100 valence electrons. The summed E-state index contributed by atoms with van der Waals surface area (Å²) in [5.41, 5.74) is 0.955. The van der Waals surface area contributed by atoms with Crippen molar-refractivity contribution in [3.63, 3.8) is 0 Å². The van der Waals surface area contributed by atoms with Gasteiger partial charge >= 0.3 is 6.09 Å². The topological polar surface area (TPSA) is 49.8 Å². The van der Waals surface area contributed by atoms with Crippen molar-refractivity contribution in [3.05, 3.63) is 29.8 Å². The van der Waals surface area contributed by atoms with Gasteiger partial charge in [0.05, 0.1) is 12.6 Å². The van der Waals surface area contributed by atoms with Crippen molar-refractivity contribution in [1.29, 1.82) is 0 Å². The molecular weight excluding hydrogens is 230 g/mol. The summed E-state index contributed by atoms with van der Waals surface area (Å²) in [4.78, 5) is 13.3. The van der Waals surface area contributed by atoms with Gasteiger partial charge in [-0.2, -0.15) is 0 Å². The molecule has 18 heavy (non-hydrogen) atoms. The zero-order chi connectivity index (χ0) is 13.7. The highest BCUT2D eigenvalue weighted by atomic mass is 16.6. The van der Waals surface area contributed by atoms with Crippen LogP contribution in [-0.2, 0) is 4.74 Å². The lowest BCUT2D eigenvalue weighted by molar-refractivity contribution is 0.0894. The van der Waals surface area contributed by atoms with Gasteiger partial charge in [-0.05, 0) is 30.5 Å². The average molecular weight is 251 g/mol. The molecule has 0 saturated carbocycles. The summed E-state index contributed by atoms with van der Waals surface area (Å²) in [6, 6.07) is 6.72. The molecule has 0 aliphatic rings. The molecular formula is C14H21NO3. The van der Waals surface area contributed by atoms with Gasteiger partial charge in [0.2, 0.25) is 0 Å². The van der Waals surface area contributed by atoms with Gasteiger partial charge in [-0.15, -0.1) is 0 Å². The summed E-state index contributed by atoms with van der Waals surface area (Å²) in [7, 11) is 1.71. The Hall–Kier alpha value is -1.71. The number of aromatic hydroxyl groups is 1. The zero-order valence-electron chi connectivity index (χ0n) is 11.4. The van der Waals surface area contributed by atoms with Gasteiger partial charge in [-0.25, -0.2) is 4.79 Å². The number of carbonyl (C=O) groups is 1. The van der Waals surface area contributed by atoms with E-state index in [1.165, 1.54) is 0 Å². The van der Waals surface area contributed by atoms with Crippen molar-refractivity contribution < 1.29 is 14.6 Å². The molecule has 0 saturated heterocycles. The van der Waals surface area contributed by atoms with Crippen LogP contribution in [0.5, 0.6) is 5.75 Å². The Morgan fingerprint density at radius 1 is 1.28 bits per heavy atom. The Morgan fingerprint density at radius 3 is 2.33 bits per heavy atom. The number of ether oxygens (including phenoxy) is 1. The van der Waals surface area contributed by atoms with E-state index in [-0.39, 0.29) is 17.9 Å². The van der Waals surface area contributed by atoms with Crippen LogP contribution < -0.4 is 0 Å². The molecule has 0 fully saturated rings. The molecule has 4 heteroatoms. The van der Waals surface area contributed by atoms with E-state index >= 15 is 0 Å². The minimum absolute atomic E-state index is 0.0923. The predicted molar refractivity (Wildman–Crippen MR) is 70.5 cm³/mol. The van der Waals surface area contributed by atoms with Crippen LogP contribution in [-0.4, -0.2) is 29.8 Å². The first-order chi connectivity index (χ1) is 8.41. The third-order valence-corrected chi connectivity index (χ3v) is 2.78. The fourth-order valence-corrected chi connectivity index (χ4v) is 1.47. The molecule has 0 spiro atoms. The summed E-state index contributed by atoms with van der Waals surface area (Å²) < 4.78 is 5.17. The van der Waals surface area contributed by atoms with E-state index in [9.17, 15) is 9.90 Å². The van der Waals surface area contributed by atoms with Gasteiger partial charge in [0.15, 0.2) is 0 Å². The number of amides is 1. The maximum absolute atomic E-state index is 11.8. The Morgan fingerprint density at radius 2 is 1.83 bits per heavy atom. The first-order valence-corrected chi connectivity index (χ1v) is 6.10. The third kappa shape index (κ3) is 3.95. The minimum atomic E-state index is -0.329. The van der Waals surface area contributed by atoms with Crippen molar-refractivity contribution in [3.8, 4) is 5.75 Å². The number of phenols is 1. The van der Waals surface area contributed by atoms with Gasteiger partial charge < -0.3 is 14.7 Å². The van der Waals surface area contributed by atoms with E-state index in [1.807, 2.05) is 20.8 Å². The largest absolute Gasteiger partial charge is 0.508 e. The first kappa shape index (κ1) is 14.4. The molecule has 0 aliphatic carbocycles. The molecule has 1 atom stereocenters. The maximum Gasteiger partial charge on any atom is 0.410 e. The predicted octanol–water partition coefficient (Wildman–Crippen LogP) is 3.18. The number of benzene rings is 1. The Balaban J connectivity index is 2.62. The summed E-state index contributed by atoms with van der Waals surface area (Å²) >= 11 is 0. The highest BCUT2D eigenvalue weighted by molar-refractivity contribution is 5.67. The van der Waals surface area contributed by atoms with Crippen LogP contribution in [0.15, 0.2) is 24.3 Å². The number of nitrogens with zero attached hydrogens (tertiary/aromatic N) is 1. The standard InChI is InChI=1S/C14H21NO3/c1-10(2)9-18-14(17)15(4)11(3)12-5-7-13(16)8-6-12/h5-8,10-11,16H,9H2,1-4H3. The maximum atomic E-state index is 11.8. The van der Waals surface area contributed by atoms with Crippen molar-refractivity contribution >= 4 is 6.09 Å². The van der Waals surface area contributed by atoms with Gasteiger partial charge in [-0.3, -0.25) is 0 Å². The van der Waals surface area contributed by atoms with Crippen LogP contribution in [0.25, 0.3) is 0 Å². The highest BCUT2D eigenvalue weighted by Crippen LogP contribution is 2.21. The lowest BCUT2D eigenvalue weighted by Crippen LogP contribution is -2.31. The molecule has 0 aromatic heterocycles. The smallest absolute Gasteiger partial charge is 0.410 e. The van der Waals surface area contributed by atoms with Crippen molar-refractivity contribution in [1.82, 2.24) is 4.90 Å². The molecule has 1 rings (SSSR count). The molecule has 1 unspecified atom stereocenters. The molecule has 0 heterocycles. The van der Waals surface area contributed by atoms with E-state index in [0.717, 1.165) is 5.56 Å². The SMILES string of the molecule is CC(C)COC(=O)N(C)C(C)c1ccc(O)cc1. The summed E-state index contributed by atoms with van der Waals surface area (Å²) in [6.45, 7) is 6.34. The van der Waals surface area contributed by atoms with Crippen LogP contribution in [0, 0.1) is 5.92 Å². The van der Waals surface area contributed by atoms with Gasteiger partial charge in [0, 0.05) is 7.05 Å². The molecule has 0 aliphatic heterocycles. The molecule has 1 N–H and O–H groups in total. The fraction of sp³-hybridized carbons (Fsp3) is 0.500. The van der Waals surface area contributed by atoms with E-state index in [0.29, 0.717) is 12.5 Å². The van der Waals surface area contributed by atoms with E-state index < -0.39 is 0 Å².